The molecule has 0 saturated heterocycles. The third kappa shape index (κ3) is 1.58. The van der Waals surface area contributed by atoms with Crippen molar-refractivity contribution in [2.75, 3.05) is 0 Å². The van der Waals surface area contributed by atoms with Gasteiger partial charge in [-0.2, -0.15) is 0 Å². The Kier molecular flexibility index (Phi) is 2.44. The van der Waals surface area contributed by atoms with Crippen LogP contribution in [0.2, 0.25) is 0 Å². The molecular weight excluding hydrogens is 159 g/mol. The van der Waals surface area contributed by atoms with Gasteiger partial charge in [-0.05, 0) is 0 Å². The number of hydrogen-bond donors (Lipinski definition) is 0. The van der Waals surface area contributed by atoms with Crippen molar-refractivity contribution in [1.82, 2.24) is 0 Å². The van der Waals surface area contributed by atoms with Crippen LogP contribution in [0.3, 0.4) is 0 Å². The maximum absolute atomic E-state index is 2.22. The molecule has 0 unspecified atom stereocenters. The summed E-state index contributed by atoms with van der Waals surface area (Å²) in [7, 11) is 0. The molecule has 0 radical (unpaired) electrons. The van der Waals surface area contributed by atoms with Gasteiger partial charge < -0.3 is 0 Å². The zero-order chi connectivity index (χ0) is 7.68. The number of rotatable bonds is 0. The Morgan fingerprint density at radius 3 is 2.36 bits per heavy atom. The van der Waals surface area contributed by atoms with E-state index < -0.39 is 0 Å². The Balaban J connectivity index is 2.91. The van der Waals surface area contributed by atoms with E-state index in [1.165, 1.54) is 10.4 Å². The first-order chi connectivity index (χ1) is 5.38. The molecule has 0 amide bonds. The van der Waals surface area contributed by atoms with Crippen molar-refractivity contribution in [3.05, 3.63) is 42.5 Å². The summed E-state index contributed by atoms with van der Waals surface area (Å²) in [5.74, 6) is 0. The van der Waals surface area contributed by atoms with Crippen molar-refractivity contribution in [2.45, 2.75) is 0 Å². The van der Waals surface area contributed by atoms with Gasteiger partial charge in [-0.3, -0.25) is 0 Å². The summed E-state index contributed by atoms with van der Waals surface area (Å²) in [5.41, 5.74) is 0. The molecule has 0 aliphatic rings. The third-order valence-corrected chi connectivity index (χ3v) is 3.37. The second-order valence-corrected chi connectivity index (χ2v) is 4.48. The first kappa shape index (κ1) is 7.96. The van der Waals surface area contributed by atoms with Crippen LogP contribution >= 0.6 is 0 Å². The van der Waals surface area contributed by atoms with Gasteiger partial charge in [-0.1, -0.05) is 0 Å². The Morgan fingerprint density at radius 2 is 1.55 bits per heavy atom. The van der Waals surface area contributed by atoms with E-state index in [-0.39, 0.29) is 0 Å². The van der Waals surface area contributed by atoms with E-state index in [0.717, 1.165) is 49.0 Å². The zero-order valence-corrected chi connectivity index (χ0v) is 9.66. The van der Waals surface area contributed by atoms with Gasteiger partial charge in [0.25, 0.3) is 0 Å². The van der Waals surface area contributed by atoms with Gasteiger partial charge in [-0.15, -0.1) is 0 Å². The first-order valence-electron chi connectivity index (χ1n) is 3.82. The van der Waals surface area contributed by atoms with Crippen LogP contribution in [-0.2, 0) is 0 Å². The molecule has 0 spiro atoms. The van der Waals surface area contributed by atoms with Crippen LogP contribution in [-0.4, -0.2) is 49.0 Å². The Morgan fingerprint density at radius 1 is 0.818 bits per heavy atom. The van der Waals surface area contributed by atoms with Crippen LogP contribution in [0.15, 0.2) is 42.5 Å². The Labute approximate surface area is 100 Å². The molecule has 0 atom stereocenters. The monoisotopic (exact) mass is 166 g/mol. The summed E-state index contributed by atoms with van der Waals surface area (Å²) in [5, 5.41) is 2.81. The Hall–Kier alpha value is 0.336. The molecule has 2 aromatic rings. The predicted octanol–water partition coefficient (Wildman–Crippen LogP) is 1.63. The summed E-state index contributed by atoms with van der Waals surface area (Å²) in [6, 6.07) is 15.1. The molecule has 0 heterocycles. The van der Waals surface area contributed by atoms with Gasteiger partial charge in [0.15, 0.2) is 0 Å². The topological polar surface area (TPSA) is 0 Å². The fourth-order valence-electron chi connectivity index (χ4n) is 1.39. The van der Waals surface area contributed by atoms with E-state index in [1.54, 1.807) is 0 Å². The summed E-state index contributed by atoms with van der Waals surface area (Å²) in [6.07, 6.45) is 0. The fourth-order valence-corrected chi connectivity index (χ4v) is 2.40. The molecule has 0 aliphatic heterocycles. The standard InChI is InChI=1S/C10H7.K/c1-2-6-10-8-4-3-7-9(10)5-1;/h1-7H;. The molecule has 0 aromatic heterocycles. The molecule has 11 heavy (non-hydrogen) atoms. The summed E-state index contributed by atoms with van der Waals surface area (Å²) < 4.78 is 1.54. The molecule has 0 bridgehead atoms. The summed E-state index contributed by atoms with van der Waals surface area (Å²) in [4.78, 5) is 0. The molecule has 48 valence electrons. The van der Waals surface area contributed by atoms with Gasteiger partial charge in [0.1, 0.15) is 0 Å². The van der Waals surface area contributed by atoms with Crippen LogP contribution in [0.1, 0.15) is 0 Å². The molecule has 0 nitrogen and oxygen atoms in total. The molecular formula is C10H7K. The van der Waals surface area contributed by atoms with Crippen molar-refractivity contribution in [3.63, 3.8) is 0 Å². The molecule has 0 fully saturated rings. The van der Waals surface area contributed by atoms with Crippen molar-refractivity contribution in [3.8, 4) is 0 Å². The van der Waals surface area contributed by atoms with Crippen LogP contribution in [0, 0.1) is 0 Å². The Bertz CT molecular complexity index is 374. The minimum atomic E-state index is 0.786. The third-order valence-electron chi connectivity index (χ3n) is 2.01. The van der Waals surface area contributed by atoms with Crippen molar-refractivity contribution >= 4 is 59.4 Å². The van der Waals surface area contributed by atoms with Crippen LogP contribution < -0.4 is -0.342 Å². The van der Waals surface area contributed by atoms with Crippen LogP contribution in [0.25, 0.3) is 10.8 Å². The maximum atomic E-state index is 2.22. The summed E-state index contributed by atoms with van der Waals surface area (Å²) >= 11 is 0.786. The second kappa shape index (κ2) is 3.38. The van der Waals surface area contributed by atoms with E-state index in [1.807, 2.05) is 0 Å². The molecule has 2 rings (SSSR count). The zero-order valence-electron chi connectivity index (χ0n) is 6.54. The van der Waals surface area contributed by atoms with Gasteiger partial charge in [0.05, 0.1) is 0 Å². The number of benzene rings is 2. The van der Waals surface area contributed by atoms with E-state index in [9.17, 15) is 0 Å². The quantitative estimate of drug-likeness (QED) is 0.522. The fraction of sp³-hybridized carbons (Fsp3) is 0. The van der Waals surface area contributed by atoms with Crippen LogP contribution in [0.5, 0.6) is 0 Å². The van der Waals surface area contributed by atoms with Gasteiger partial charge >= 0.3 is 102 Å². The molecule has 0 N–H and O–H groups in total. The predicted molar refractivity (Wildman–Crippen MR) is 49.3 cm³/mol. The average Bonchev–Trinajstić information content (AvgIpc) is 2.06. The van der Waals surface area contributed by atoms with Crippen molar-refractivity contribution < 1.29 is 0 Å². The van der Waals surface area contributed by atoms with E-state index >= 15 is 0 Å². The SMILES string of the molecule is [K][c]1cccc2ccccc12. The van der Waals surface area contributed by atoms with Crippen molar-refractivity contribution in [2.24, 2.45) is 0 Å². The normalized spacial score (nSPS) is 10.4. The van der Waals surface area contributed by atoms with E-state index in [2.05, 4.69) is 42.5 Å². The number of hydrogen-bond acceptors (Lipinski definition) is 0. The van der Waals surface area contributed by atoms with Gasteiger partial charge in [-0.25, -0.2) is 0 Å². The first-order valence-corrected chi connectivity index (χ1v) is 5.38. The van der Waals surface area contributed by atoms with E-state index in [4.69, 9.17) is 0 Å². The van der Waals surface area contributed by atoms with Gasteiger partial charge in [0.2, 0.25) is 0 Å². The van der Waals surface area contributed by atoms with E-state index in [0.29, 0.717) is 0 Å². The molecule has 0 saturated carbocycles. The second-order valence-electron chi connectivity index (χ2n) is 2.80. The minimum absolute atomic E-state index is 0.786. The average molecular weight is 166 g/mol. The van der Waals surface area contributed by atoms with Crippen molar-refractivity contribution in [1.29, 1.82) is 0 Å². The van der Waals surface area contributed by atoms with Gasteiger partial charge in [0, 0.05) is 0 Å². The van der Waals surface area contributed by atoms with Crippen LogP contribution in [0.4, 0.5) is 0 Å². The molecule has 0 aliphatic carbocycles. The summed E-state index contributed by atoms with van der Waals surface area (Å²) in [6.45, 7) is 0. The molecule has 1 heteroatoms. The molecule has 2 aromatic carbocycles. The number of fused-ring (bicyclic) bond motifs is 1.